The van der Waals surface area contributed by atoms with E-state index in [-0.39, 0.29) is 18.5 Å². The van der Waals surface area contributed by atoms with E-state index in [0.29, 0.717) is 5.69 Å². The molecule has 20 heavy (non-hydrogen) atoms. The van der Waals surface area contributed by atoms with Gasteiger partial charge >= 0.3 is 0 Å². The van der Waals surface area contributed by atoms with E-state index in [1.807, 2.05) is 33.8 Å². The SMILES string of the molecule is Cc1cccc(N(CC(=O)NC(C)C)S(C)(=O)=O)c1C. The van der Waals surface area contributed by atoms with Gasteiger partial charge < -0.3 is 5.32 Å². The predicted molar refractivity (Wildman–Crippen MR) is 81.4 cm³/mol. The van der Waals surface area contributed by atoms with Gasteiger partial charge in [-0.15, -0.1) is 0 Å². The van der Waals surface area contributed by atoms with Gasteiger partial charge in [0, 0.05) is 6.04 Å². The van der Waals surface area contributed by atoms with Crippen LogP contribution in [-0.2, 0) is 14.8 Å². The number of aryl methyl sites for hydroxylation is 1. The average molecular weight is 298 g/mol. The van der Waals surface area contributed by atoms with Gasteiger partial charge in [-0.1, -0.05) is 12.1 Å². The largest absolute Gasteiger partial charge is 0.352 e. The number of sulfonamides is 1. The number of anilines is 1. The molecular formula is C14H22N2O3S. The van der Waals surface area contributed by atoms with Crippen LogP contribution in [0.5, 0.6) is 0 Å². The van der Waals surface area contributed by atoms with Crippen molar-refractivity contribution in [3.05, 3.63) is 29.3 Å². The van der Waals surface area contributed by atoms with Crippen molar-refractivity contribution in [1.29, 1.82) is 0 Å². The van der Waals surface area contributed by atoms with Crippen molar-refractivity contribution in [2.24, 2.45) is 0 Å². The van der Waals surface area contributed by atoms with E-state index in [1.54, 1.807) is 12.1 Å². The maximum Gasteiger partial charge on any atom is 0.240 e. The molecule has 112 valence electrons. The molecule has 0 spiro atoms. The fourth-order valence-corrected chi connectivity index (χ4v) is 2.79. The Morgan fingerprint density at radius 3 is 2.40 bits per heavy atom. The lowest BCUT2D eigenvalue weighted by Crippen LogP contribution is -2.42. The Morgan fingerprint density at radius 1 is 1.30 bits per heavy atom. The highest BCUT2D eigenvalue weighted by Crippen LogP contribution is 2.24. The second-order valence-corrected chi connectivity index (χ2v) is 7.12. The molecule has 1 aromatic carbocycles. The zero-order valence-electron chi connectivity index (χ0n) is 12.6. The lowest BCUT2D eigenvalue weighted by Gasteiger charge is -2.24. The molecule has 0 heterocycles. The summed E-state index contributed by atoms with van der Waals surface area (Å²) in [5.41, 5.74) is 2.39. The van der Waals surface area contributed by atoms with Gasteiger partial charge in [0.25, 0.3) is 0 Å². The summed E-state index contributed by atoms with van der Waals surface area (Å²) < 4.78 is 25.1. The quantitative estimate of drug-likeness (QED) is 0.898. The number of benzene rings is 1. The van der Waals surface area contributed by atoms with Gasteiger partial charge in [0.15, 0.2) is 0 Å². The second kappa shape index (κ2) is 6.26. The van der Waals surface area contributed by atoms with Gasteiger partial charge in [-0.3, -0.25) is 9.10 Å². The summed E-state index contributed by atoms with van der Waals surface area (Å²) in [6, 6.07) is 5.39. The van der Waals surface area contributed by atoms with Crippen LogP contribution in [0.3, 0.4) is 0 Å². The summed E-state index contributed by atoms with van der Waals surface area (Å²) in [5, 5.41) is 2.70. The summed E-state index contributed by atoms with van der Waals surface area (Å²) in [5.74, 6) is -0.314. The Morgan fingerprint density at radius 2 is 1.90 bits per heavy atom. The normalized spacial score (nSPS) is 11.5. The highest BCUT2D eigenvalue weighted by atomic mass is 32.2. The third-order valence-corrected chi connectivity index (χ3v) is 4.11. The van der Waals surface area contributed by atoms with E-state index < -0.39 is 10.0 Å². The molecule has 0 unspecified atom stereocenters. The minimum absolute atomic E-state index is 0.0254. The molecule has 1 amide bonds. The van der Waals surface area contributed by atoms with Crippen LogP contribution < -0.4 is 9.62 Å². The number of amides is 1. The Bertz CT molecular complexity index is 594. The molecule has 0 aliphatic heterocycles. The van der Waals surface area contributed by atoms with Crippen molar-refractivity contribution < 1.29 is 13.2 Å². The summed E-state index contributed by atoms with van der Waals surface area (Å²) in [6.45, 7) is 7.22. The topological polar surface area (TPSA) is 66.5 Å². The number of hydrogen-bond acceptors (Lipinski definition) is 3. The molecule has 0 bridgehead atoms. The Labute approximate surface area is 121 Å². The van der Waals surface area contributed by atoms with Crippen molar-refractivity contribution >= 4 is 21.6 Å². The van der Waals surface area contributed by atoms with Crippen LogP contribution in [0.1, 0.15) is 25.0 Å². The lowest BCUT2D eigenvalue weighted by atomic mass is 10.1. The number of carbonyl (C=O) groups is 1. The molecule has 0 aliphatic rings. The smallest absolute Gasteiger partial charge is 0.240 e. The first-order valence-corrected chi connectivity index (χ1v) is 8.31. The van der Waals surface area contributed by atoms with Crippen molar-refractivity contribution in [3.8, 4) is 0 Å². The van der Waals surface area contributed by atoms with E-state index in [0.717, 1.165) is 21.7 Å². The Kier molecular flexibility index (Phi) is 5.16. The molecule has 1 rings (SSSR count). The second-order valence-electron chi connectivity index (χ2n) is 5.21. The molecule has 0 atom stereocenters. The fourth-order valence-electron chi connectivity index (χ4n) is 1.88. The van der Waals surface area contributed by atoms with Gasteiger partial charge in [0.05, 0.1) is 11.9 Å². The van der Waals surface area contributed by atoms with Crippen LogP contribution in [-0.4, -0.2) is 33.2 Å². The highest BCUT2D eigenvalue weighted by Gasteiger charge is 2.22. The molecular weight excluding hydrogens is 276 g/mol. The molecule has 0 saturated heterocycles. The Balaban J connectivity index is 3.15. The molecule has 0 saturated carbocycles. The van der Waals surface area contributed by atoms with Crippen LogP contribution in [0.4, 0.5) is 5.69 Å². The third kappa shape index (κ3) is 4.23. The molecule has 1 aromatic rings. The van der Waals surface area contributed by atoms with Crippen LogP contribution in [0.25, 0.3) is 0 Å². The van der Waals surface area contributed by atoms with Crippen LogP contribution in [0, 0.1) is 13.8 Å². The third-order valence-electron chi connectivity index (χ3n) is 2.98. The summed E-state index contributed by atoms with van der Waals surface area (Å²) in [4.78, 5) is 11.9. The predicted octanol–water partition coefficient (Wildman–Crippen LogP) is 1.59. The summed E-state index contributed by atoms with van der Waals surface area (Å²) >= 11 is 0. The first-order chi connectivity index (χ1) is 9.12. The van der Waals surface area contributed by atoms with Gasteiger partial charge in [-0.05, 0) is 44.9 Å². The molecule has 5 nitrogen and oxygen atoms in total. The van der Waals surface area contributed by atoms with E-state index in [2.05, 4.69) is 5.32 Å². The zero-order valence-corrected chi connectivity index (χ0v) is 13.4. The molecule has 0 fully saturated rings. The molecule has 0 aliphatic carbocycles. The Hall–Kier alpha value is -1.56. The van der Waals surface area contributed by atoms with Gasteiger partial charge in [-0.25, -0.2) is 8.42 Å². The maximum atomic E-state index is 12.0. The molecule has 1 N–H and O–H groups in total. The van der Waals surface area contributed by atoms with E-state index in [4.69, 9.17) is 0 Å². The number of rotatable bonds is 5. The lowest BCUT2D eigenvalue weighted by molar-refractivity contribution is -0.120. The van der Waals surface area contributed by atoms with Crippen molar-refractivity contribution in [2.75, 3.05) is 17.1 Å². The van der Waals surface area contributed by atoms with E-state index >= 15 is 0 Å². The first-order valence-electron chi connectivity index (χ1n) is 6.46. The van der Waals surface area contributed by atoms with Crippen LogP contribution >= 0.6 is 0 Å². The zero-order chi connectivity index (χ0) is 15.5. The molecule has 0 radical (unpaired) electrons. The number of carbonyl (C=O) groups excluding carboxylic acids is 1. The van der Waals surface area contributed by atoms with Crippen molar-refractivity contribution in [1.82, 2.24) is 5.32 Å². The van der Waals surface area contributed by atoms with Crippen LogP contribution in [0.2, 0.25) is 0 Å². The maximum absolute atomic E-state index is 12.0. The van der Waals surface area contributed by atoms with Gasteiger partial charge in [-0.2, -0.15) is 0 Å². The van der Waals surface area contributed by atoms with Crippen molar-refractivity contribution in [2.45, 2.75) is 33.7 Å². The summed E-state index contributed by atoms with van der Waals surface area (Å²) in [7, 11) is -3.52. The van der Waals surface area contributed by atoms with Crippen molar-refractivity contribution in [3.63, 3.8) is 0 Å². The average Bonchev–Trinajstić information content (AvgIpc) is 2.28. The number of nitrogens with zero attached hydrogens (tertiary/aromatic N) is 1. The monoisotopic (exact) mass is 298 g/mol. The molecule has 6 heteroatoms. The minimum Gasteiger partial charge on any atom is -0.352 e. The standard InChI is InChI=1S/C14H22N2O3S/c1-10(2)15-14(17)9-16(20(5,18)19)13-8-6-7-11(3)12(13)4/h6-8,10H,9H2,1-5H3,(H,15,17). The fraction of sp³-hybridized carbons (Fsp3) is 0.500. The highest BCUT2D eigenvalue weighted by molar-refractivity contribution is 7.92. The molecule has 0 aromatic heterocycles. The summed E-state index contributed by atoms with van der Waals surface area (Å²) in [6.07, 6.45) is 1.11. The number of nitrogens with one attached hydrogen (secondary N) is 1. The van der Waals surface area contributed by atoms with E-state index in [1.165, 1.54) is 0 Å². The van der Waals surface area contributed by atoms with Crippen LogP contribution in [0.15, 0.2) is 18.2 Å². The van der Waals surface area contributed by atoms with E-state index in [9.17, 15) is 13.2 Å². The van der Waals surface area contributed by atoms with Gasteiger partial charge in [0.2, 0.25) is 15.9 Å². The number of hydrogen-bond donors (Lipinski definition) is 1. The first kappa shape index (κ1) is 16.5. The van der Waals surface area contributed by atoms with Gasteiger partial charge in [0.1, 0.15) is 6.54 Å². The minimum atomic E-state index is -3.52.